The maximum absolute atomic E-state index is 7.22. The minimum absolute atomic E-state index is 0.223. The van der Waals surface area contributed by atoms with Gasteiger partial charge in [0.05, 0.1) is 39.6 Å². The second-order valence-corrected chi connectivity index (χ2v) is 23.9. The van der Waals surface area contributed by atoms with Crippen LogP contribution < -0.4 is 28.4 Å². The van der Waals surface area contributed by atoms with E-state index in [2.05, 4.69) is 192 Å². The first-order valence-electron chi connectivity index (χ1n) is 29.5. The number of ether oxygens (including phenoxy) is 6. The topological polar surface area (TPSA) is 55.4 Å². The van der Waals surface area contributed by atoms with Crippen LogP contribution in [0.25, 0.3) is 66.8 Å². The lowest BCUT2D eigenvalue weighted by molar-refractivity contribution is 0.266. The Morgan fingerprint density at radius 1 is 0.218 bits per heavy atom. The first-order chi connectivity index (χ1) is 37.7. The van der Waals surface area contributed by atoms with Crippen molar-refractivity contribution < 1.29 is 28.4 Å². The van der Waals surface area contributed by atoms with Crippen LogP contribution >= 0.6 is 0 Å². The van der Waals surface area contributed by atoms with Gasteiger partial charge in [0.15, 0.2) is 0 Å². The molecule has 0 fully saturated rings. The summed E-state index contributed by atoms with van der Waals surface area (Å²) in [6.45, 7) is 30.8. The summed E-state index contributed by atoms with van der Waals surface area (Å²) in [5.74, 6) is 6.41. The van der Waals surface area contributed by atoms with Crippen LogP contribution in [0, 0.1) is 0 Å². The molecule has 408 valence electrons. The summed E-state index contributed by atoms with van der Waals surface area (Å²) in [5.41, 5.74) is 19.8. The second-order valence-electron chi connectivity index (χ2n) is 23.9. The second kappa shape index (κ2) is 23.7. The zero-order valence-electron chi connectivity index (χ0n) is 48.8. The highest BCUT2D eigenvalue weighted by molar-refractivity contribution is 6.18. The third-order valence-electron chi connectivity index (χ3n) is 16.3. The molecule has 6 heteroatoms. The van der Waals surface area contributed by atoms with Crippen LogP contribution in [-0.2, 0) is 0 Å². The van der Waals surface area contributed by atoms with Crippen LogP contribution in [-0.4, -0.2) is 39.6 Å². The fraction of sp³-hybridized carbons (Fsp3) is 0.417. The molecule has 6 nitrogen and oxygen atoms in total. The maximum atomic E-state index is 7.22. The van der Waals surface area contributed by atoms with Crippen LogP contribution in [0.15, 0.2) is 109 Å². The Hall–Kier alpha value is -6.66. The highest BCUT2D eigenvalue weighted by Gasteiger charge is 2.37. The smallest absolute Gasteiger partial charge is 0.127 e. The quantitative estimate of drug-likeness (QED) is 0.165. The standard InChI is InChI=1S/C72H84O6/c1-43(2)49-19-25-61-55(37-49)67-68(56-38-50(44(3)4)20-26-62(56)74-32-14-13-31-73-61)70-59-41-53(47(9)10)23-29-65(59)77-35-17-18-36-78-66-30-24-54(48(11)12)42-60(66)72(70)71-58-40-52(46(7)8)22-28-64(58)76-34-16-15-33-75-63-27-21-51(45(5)6)39-57(63)69(67)71/h19-30,37-48H,13-18,31-36H2,1-12H3. The van der Waals surface area contributed by atoms with Crippen molar-refractivity contribution in [2.75, 3.05) is 39.6 Å². The molecule has 7 aromatic carbocycles. The molecule has 7 aromatic rings. The van der Waals surface area contributed by atoms with Crippen molar-refractivity contribution in [1.29, 1.82) is 0 Å². The Morgan fingerprint density at radius 2 is 0.359 bits per heavy atom. The first-order valence-corrected chi connectivity index (χ1v) is 29.5. The number of hydrogen-bond acceptors (Lipinski definition) is 6. The molecule has 0 radical (unpaired) electrons. The minimum atomic E-state index is 0.223. The summed E-state index contributed by atoms with van der Waals surface area (Å²) in [6, 6.07) is 41.7. The van der Waals surface area contributed by atoms with Crippen molar-refractivity contribution in [2.24, 2.45) is 0 Å². The molecule has 0 bridgehead atoms. The van der Waals surface area contributed by atoms with Gasteiger partial charge in [-0.1, -0.05) is 119 Å². The summed E-state index contributed by atoms with van der Waals surface area (Å²) in [5, 5.41) is 0. The third-order valence-corrected chi connectivity index (χ3v) is 16.3. The van der Waals surface area contributed by atoms with E-state index >= 15 is 0 Å². The molecule has 3 aliphatic heterocycles. The zero-order chi connectivity index (χ0) is 54.8. The predicted molar refractivity (Wildman–Crippen MR) is 324 cm³/mol. The van der Waals surface area contributed by atoms with E-state index in [-0.39, 0.29) is 35.5 Å². The Labute approximate surface area is 466 Å². The molecule has 0 atom stereocenters. The molecule has 10 rings (SSSR count). The summed E-state index contributed by atoms with van der Waals surface area (Å²) >= 11 is 0. The van der Waals surface area contributed by atoms with Crippen molar-refractivity contribution in [3.63, 3.8) is 0 Å². The molecular formula is C72H84O6. The number of rotatable bonds is 6. The van der Waals surface area contributed by atoms with E-state index in [4.69, 9.17) is 28.4 Å². The highest BCUT2D eigenvalue weighted by Crippen LogP contribution is 2.63. The van der Waals surface area contributed by atoms with E-state index < -0.39 is 0 Å². The Kier molecular flexibility index (Phi) is 16.6. The van der Waals surface area contributed by atoms with Gasteiger partial charge in [-0.15, -0.1) is 0 Å². The van der Waals surface area contributed by atoms with Crippen LogP contribution in [0.1, 0.15) is 190 Å². The van der Waals surface area contributed by atoms with E-state index in [1.54, 1.807) is 0 Å². The van der Waals surface area contributed by atoms with Gasteiger partial charge in [0.1, 0.15) is 34.5 Å². The SMILES string of the molecule is CC(C)c1ccc2c(c1)-c1c3c(c4c(c1-c1cc(C(C)C)ccc1OCCCCO2)-c1cc(C(C)C)ccc1OCCCCOc1ccc(C(C)C)cc1-4)-c1cc(C(C)C)ccc1OCCCCOc1ccc(C(C)C)cc1-3. The summed E-state index contributed by atoms with van der Waals surface area (Å²) in [7, 11) is 0. The van der Waals surface area contributed by atoms with Crippen molar-refractivity contribution in [1.82, 2.24) is 0 Å². The highest BCUT2D eigenvalue weighted by atomic mass is 16.5. The third kappa shape index (κ3) is 11.2. The van der Waals surface area contributed by atoms with Crippen molar-refractivity contribution in [2.45, 2.75) is 157 Å². The fourth-order valence-electron chi connectivity index (χ4n) is 11.4. The van der Waals surface area contributed by atoms with Crippen LogP contribution in [0.3, 0.4) is 0 Å². The minimum Gasteiger partial charge on any atom is -0.493 e. The van der Waals surface area contributed by atoms with Crippen molar-refractivity contribution >= 4 is 0 Å². The molecule has 0 spiro atoms. The molecule has 0 aliphatic carbocycles. The average molecular weight is 1050 g/mol. The fourth-order valence-corrected chi connectivity index (χ4v) is 11.4. The van der Waals surface area contributed by atoms with Gasteiger partial charge in [-0.05, 0) is 180 Å². The van der Waals surface area contributed by atoms with E-state index in [9.17, 15) is 0 Å². The number of fused-ring (bicyclic) bond motifs is 18. The van der Waals surface area contributed by atoms with Crippen LogP contribution in [0.5, 0.6) is 34.5 Å². The molecule has 0 amide bonds. The lowest BCUT2D eigenvalue weighted by atomic mass is 9.72. The maximum Gasteiger partial charge on any atom is 0.127 e. The number of hydrogen-bond donors (Lipinski definition) is 0. The molecule has 0 N–H and O–H groups in total. The molecule has 3 aliphatic rings. The lowest BCUT2D eigenvalue weighted by Gasteiger charge is -2.33. The summed E-state index contributed by atoms with van der Waals surface area (Å²) < 4.78 is 43.3. The predicted octanol–water partition coefficient (Wildman–Crippen LogP) is 20.1. The van der Waals surface area contributed by atoms with Crippen LogP contribution in [0.2, 0.25) is 0 Å². The molecule has 0 aromatic heterocycles. The molecule has 0 saturated heterocycles. The van der Waals surface area contributed by atoms with Gasteiger partial charge in [0.2, 0.25) is 0 Å². The average Bonchev–Trinajstić information content (AvgIpc) is 2.89. The van der Waals surface area contributed by atoms with E-state index in [1.807, 2.05) is 0 Å². The van der Waals surface area contributed by atoms with Gasteiger partial charge in [0, 0.05) is 66.8 Å². The zero-order valence-corrected chi connectivity index (χ0v) is 48.8. The summed E-state index contributed by atoms with van der Waals surface area (Å²) in [6.07, 6.45) is 5.05. The largest absolute Gasteiger partial charge is 0.493 e. The van der Waals surface area contributed by atoms with Gasteiger partial charge in [-0.25, -0.2) is 0 Å². The van der Waals surface area contributed by atoms with Gasteiger partial charge < -0.3 is 28.4 Å². The van der Waals surface area contributed by atoms with Gasteiger partial charge in [-0.3, -0.25) is 0 Å². The Bertz CT molecular complexity index is 2700. The Balaban J connectivity index is 1.65. The van der Waals surface area contributed by atoms with Gasteiger partial charge in [0.25, 0.3) is 0 Å². The normalized spacial score (nSPS) is 14.8. The van der Waals surface area contributed by atoms with Crippen LogP contribution in [0.4, 0.5) is 0 Å². The molecule has 3 heterocycles. The monoisotopic (exact) mass is 1040 g/mol. The van der Waals surface area contributed by atoms with Crippen molar-refractivity contribution in [3.05, 3.63) is 143 Å². The molecule has 0 saturated carbocycles. The van der Waals surface area contributed by atoms with Gasteiger partial charge in [-0.2, -0.15) is 0 Å². The van der Waals surface area contributed by atoms with Gasteiger partial charge >= 0.3 is 0 Å². The van der Waals surface area contributed by atoms with E-state index in [0.717, 1.165) is 140 Å². The Morgan fingerprint density at radius 3 is 0.487 bits per heavy atom. The molecule has 78 heavy (non-hydrogen) atoms. The lowest BCUT2D eigenvalue weighted by Crippen LogP contribution is -2.12. The summed E-state index contributed by atoms with van der Waals surface area (Å²) in [4.78, 5) is 0. The van der Waals surface area contributed by atoms with E-state index in [0.29, 0.717) is 39.6 Å². The number of benzene rings is 7. The molecule has 0 unspecified atom stereocenters. The first kappa shape index (κ1) is 54.7. The molecular weight excluding hydrogens is 961 g/mol. The van der Waals surface area contributed by atoms with E-state index in [1.165, 1.54) is 33.4 Å². The van der Waals surface area contributed by atoms with Crippen molar-refractivity contribution in [3.8, 4) is 101 Å².